The van der Waals surface area contributed by atoms with Gasteiger partial charge < -0.3 is 29.9 Å². The molecular formula is C52H58Cl3N19O3. The lowest BCUT2D eigenvalue weighted by atomic mass is 10.0. The molecule has 1 aromatic carbocycles. The highest BCUT2D eigenvalue weighted by atomic mass is 35.5. The van der Waals surface area contributed by atoms with Gasteiger partial charge in [-0.05, 0) is 87.5 Å². The second-order valence-electron chi connectivity index (χ2n) is 17.7. The second kappa shape index (κ2) is 24.5. The molecule has 12 rings (SSSR count). The molecule has 2 saturated heterocycles. The van der Waals surface area contributed by atoms with Crippen LogP contribution >= 0.6 is 34.8 Å². The molecule has 6 aromatic heterocycles. The highest BCUT2D eigenvalue weighted by Crippen LogP contribution is 2.39. The number of rotatable bonds is 5. The van der Waals surface area contributed by atoms with Gasteiger partial charge in [-0.2, -0.15) is 31.1 Å². The Labute approximate surface area is 461 Å². The van der Waals surface area contributed by atoms with Gasteiger partial charge in [0, 0.05) is 85.4 Å². The van der Waals surface area contributed by atoms with Crippen molar-refractivity contribution < 1.29 is 14.3 Å². The first-order chi connectivity index (χ1) is 35.9. The Balaban J connectivity index is 0.000000174. The van der Waals surface area contributed by atoms with Crippen LogP contribution in [0.5, 0.6) is 0 Å². The van der Waals surface area contributed by atoms with Gasteiger partial charge in [-0.1, -0.05) is 33.9 Å². The first-order valence-corrected chi connectivity index (χ1v) is 25.0. The van der Waals surface area contributed by atoms with Crippen molar-refractivity contribution >= 4 is 58.2 Å². The number of ether oxygens (including phenoxy) is 2. The maximum absolute atomic E-state index is 11.8. The largest absolute Gasteiger partial charge is 0.377 e. The van der Waals surface area contributed by atoms with E-state index < -0.39 is 0 Å². The first-order valence-electron chi connectivity index (χ1n) is 23.9. The molecule has 25 heteroatoms. The number of halogens is 3. The third kappa shape index (κ3) is 11.7. The molecule has 0 unspecified atom stereocenters. The molecular weight excluding hydrogens is 1050 g/mol. The number of hydrogen-bond donors (Lipinski definition) is 2. The quantitative estimate of drug-likeness (QED) is 0.121. The topological polar surface area (TPSA) is 268 Å². The summed E-state index contributed by atoms with van der Waals surface area (Å²) in [4.78, 5) is 43.3. The summed E-state index contributed by atoms with van der Waals surface area (Å²) in [6.07, 6.45) is 2.19. The Morgan fingerprint density at radius 2 is 1.06 bits per heavy atom. The van der Waals surface area contributed by atoms with Gasteiger partial charge in [0.05, 0.1) is 72.7 Å². The van der Waals surface area contributed by atoms with Crippen molar-refractivity contribution in [2.24, 2.45) is 0 Å². The number of anilines is 3. The van der Waals surface area contributed by atoms with Gasteiger partial charge in [-0.25, -0.2) is 34.7 Å². The van der Waals surface area contributed by atoms with E-state index in [4.69, 9.17) is 64.8 Å². The summed E-state index contributed by atoms with van der Waals surface area (Å²) in [6.45, 7) is 12.9. The summed E-state index contributed by atoms with van der Waals surface area (Å²) >= 11 is 18.0. The minimum atomic E-state index is -0.245. The predicted octanol–water partition coefficient (Wildman–Crippen LogP) is 8.43. The number of urea groups is 1. The number of aryl methyl sites for hydroxylation is 3. The summed E-state index contributed by atoms with van der Waals surface area (Å²) in [5.74, 6) is 2.37. The standard InChI is InChI=1S/C24H26N8O2.C15H15ClN6O.C10H5Cl2N5.3CH4/c1-3-26-24(33)27-17-6-4-16(5-7-17)22-28-21-19(8-9-32-20(21)12-18(13-25)30-32)23(29-22)31-10-11-34-14-15(31)2;1-9-8-23-5-4-21(9)14-11-2-3-22-12(6-10(7-17)20-22)13(11)18-15(16)19-14;11-9-6-1-2-17-7(3-5(4-13)16-17)8(6)14-10(12)15-9;;;/h4-7,12,15H,3,8-11,14H2,1-2H3,(H2,26,27,33);6,9H,2-5,8H2,1H3;3H,1-2H2;3*1H4/t15-;9-;;;;/m00..../s1. The summed E-state index contributed by atoms with van der Waals surface area (Å²) in [6, 6.07) is 19.1. The number of hydrogen-bond acceptors (Lipinski definition) is 17. The zero-order chi connectivity index (χ0) is 51.6. The van der Waals surface area contributed by atoms with Gasteiger partial charge >= 0.3 is 6.03 Å². The van der Waals surface area contributed by atoms with E-state index in [9.17, 15) is 10.1 Å². The van der Waals surface area contributed by atoms with E-state index in [1.807, 2.05) is 46.6 Å². The van der Waals surface area contributed by atoms with E-state index in [0.29, 0.717) is 98.5 Å². The molecule has 2 amide bonds. The highest BCUT2D eigenvalue weighted by Gasteiger charge is 2.32. The average molecular weight is 1100 g/mol. The van der Waals surface area contributed by atoms with Crippen LogP contribution in [0.3, 0.4) is 0 Å². The fourth-order valence-corrected chi connectivity index (χ4v) is 10.2. The Kier molecular flexibility index (Phi) is 18.1. The van der Waals surface area contributed by atoms with E-state index in [0.717, 1.165) is 88.3 Å². The molecule has 2 atom stereocenters. The van der Waals surface area contributed by atoms with Gasteiger partial charge in [-0.3, -0.25) is 14.0 Å². The van der Waals surface area contributed by atoms with Crippen molar-refractivity contribution in [3.8, 4) is 63.8 Å². The van der Waals surface area contributed by atoms with Crippen LogP contribution in [0.15, 0.2) is 42.5 Å². The van der Waals surface area contributed by atoms with Crippen LogP contribution in [0.1, 0.15) is 76.8 Å². The van der Waals surface area contributed by atoms with Gasteiger partial charge in [0.1, 0.15) is 35.0 Å². The molecule has 5 aliphatic rings. The van der Waals surface area contributed by atoms with E-state index in [-0.39, 0.29) is 51.0 Å². The lowest BCUT2D eigenvalue weighted by molar-refractivity contribution is 0.0984. The second-order valence-corrected chi connectivity index (χ2v) is 18.8. The fourth-order valence-electron chi connectivity index (χ4n) is 9.54. The number of morpholine rings is 2. The SMILES string of the molecule is C.C.C.CCNC(=O)Nc1ccc(-c2nc3c(c(N4CCOC[C@@H]4C)n2)CCn2nc(C#N)cc2-3)cc1.C[C@H]1COCCN1c1nc(Cl)nc2c1CCn1nc(C#N)cc1-2.N#Cc1cc2n(n1)CCc1c(Cl)nc(Cl)nc1-2. The smallest absolute Gasteiger partial charge is 0.319 e. The van der Waals surface area contributed by atoms with Crippen molar-refractivity contribution in [3.63, 3.8) is 0 Å². The summed E-state index contributed by atoms with van der Waals surface area (Å²) in [7, 11) is 0. The molecule has 0 bridgehead atoms. The molecule has 77 heavy (non-hydrogen) atoms. The predicted molar refractivity (Wildman–Crippen MR) is 294 cm³/mol. The van der Waals surface area contributed by atoms with Crippen LogP contribution in [0.4, 0.5) is 22.1 Å². The van der Waals surface area contributed by atoms with E-state index in [1.54, 1.807) is 22.9 Å². The number of carbonyl (C=O) groups is 1. The van der Waals surface area contributed by atoms with Crippen molar-refractivity contribution in [1.29, 1.82) is 15.8 Å². The van der Waals surface area contributed by atoms with Gasteiger partial charge in [0.15, 0.2) is 22.9 Å². The minimum Gasteiger partial charge on any atom is -0.377 e. The van der Waals surface area contributed by atoms with Crippen LogP contribution < -0.4 is 20.4 Å². The Hall–Kier alpha value is -7.78. The van der Waals surface area contributed by atoms with Crippen molar-refractivity contribution in [3.05, 3.63) is 92.0 Å². The van der Waals surface area contributed by atoms with Crippen LogP contribution in [-0.4, -0.2) is 123 Å². The number of fused-ring (bicyclic) bond motifs is 9. The molecule has 5 aliphatic heterocycles. The van der Waals surface area contributed by atoms with Crippen molar-refractivity contribution in [2.75, 3.05) is 61.2 Å². The normalized spacial score (nSPS) is 16.2. The Morgan fingerprint density at radius 3 is 1.53 bits per heavy atom. The highest BCUT2D eigenvalue weighted by molar-refractivity contribution is 6.32. The molecule has 7 aromatic rings. The van der Waals surface area contributed by atoms with E-state index in [2.05, 4.69) is 81.7 Å². The van der Waals surface area contributed by atoms with Gasteiger partial charge in [-0.15, -0.1) is 0 Å². The number of nitriles is 3. The maximum atomic E-state index is 11.8. The van der Waals surface area contributed by atoms with Gasteiger partial charge in [0.25, 0.3) is 0 Å². The third-order valence-electron chi connectivity index (χ3n) is 13.0. The van der Waals surface area contributed by atoms with Crippen LogP contribution in [0.25, 0.3) is 45.6 Å². The first kappa shape index (κ1) is 56.9. The molecule has 0 saturated carbocycles. The maximum Gasteiger partial charge on any atom is 0.319 e. The number of amides is 2. The van der Waals surface area contributed by atoms with Gasteiger partial charge in [0.2, 0.25) is 10.6 Å². The average Bonchev–Trinajstić information content (AvgIpc) is 4.20. The minimum absolute atomic E-state index is 0. The summed E-state index contributed by atoms with van der Waals surface area (Å²) < 4.78 is 16.6. The number of nitrogens with zero attached hydrogens (tertiary/aromatic N) is 17. The van der Waals surface area contributed by atoms with Crippen molar-refractivity contribution in [2.45, 2.75) is 94.0 Å². The molecule has 22 nitrogen and oxygen atoms in total. The zero-order valence-electron chi connectivity index (χ0n) is 40.3. The zero-order valence-corrected chi connectivity index (χ0v) is 42.6. The van der Waals surface area contributed by atoms with E-state index >= 15 is 0 Å². The summed E-state index contributed by atoms with van der Waals surface area (Å²) in [5.41, 5.74) is 10.3. The molecule has 400 valence electrons. The lowest BCUT2D eigenvalue weighted by Crippen LogP contribution is -2.45. The number of nitrogens with one attached hydrogen (secondary N) is 2. The van der Waals surface area contributed by atoms with Crippen LogP contribution in [0.2, 0.25) is 15.7 Å². The molecule has 2 fully saturated rings. The Morgan fingerprint density at radius 1 is 0.623 bits per heavy atom. The monoisotopic (exact) mass is 1100 g/mol. The van der Waals surface area contributed by atoms with Crippen LogP contribution in [0, 0.1) is 34.0 Å². The van der Waals surface area contributed by atoms with E-state index in [1.165, 1.54) is 0 Å². The molecule has 0 aliphatic carbocycles. The number of benzene rings is 1. The lowest BCUT2D eigenvalue weighted by Gasteiger charge is -2.36. The van der Waals surface area contributed by atoms with Crippen molar-refractivity contribution in [1.82, 2.24) is 64.6 Å². The molecule has 0 radical (unpaired) electrons. The molecule has 2 N–H and O–H groups in total. The Bertz CT molecular complexity index is 3430. The number of aromatic nitrogens is 12. The third-order valence-corrected chi connectivity index (χ3v) is 13.7. The number of carbonyl (C=O) groups excluding carboxylic acids is 1. The summed E-state index contributed by atoms with van der Waals surface area (Å²) in [5, 5.41) is 46.3. The van der Waals surface area contributed by atoms with Crippen LogP contribution in [-0.2, 0) is 48.4 Å². The molecule has 11 heterocycles. The molecule has 0 spiro atoms. The fraction of sp³-hybridized carbons (Fsp3) is 0.404.